The molecule has 0 radical (unpaired) electrons. The van der Waals surface area contributed by atoms with Crippen molar-refractivity contribution in [1.82, 2.24) is 15.1 Å². The summed E-state index contributed by atoms with van der Waals surface area (Å²) in [4.78, 5) is 42.7. The van der Waals surface area contributed by atoms with Crippen LogP contribution < -0.4 is 11.1 Å². The van der Waals surface area contributed by atoms with Crippen LogP contribution in [-0.2, 0) is 20.7 Å². The summed E-state index contributed by atoms with van der Waals surface area (Å²) >= 11 is 0. The second-order valence-corrected chi connectivity index (χ2v) is 8.37. The van der Waals surface area contributed by atoms with Crippen LogP contribution in [0.5, 0.6) is 0 Å². The first kappa shape index (κ1) is 23.2. The number of ether oxygens (including phenoxy) is 1. The molecule has 1 atom stereocenters. The Labute approximate surface area is 184 Å². The largest absolute Gasteiger partial charge is 0.377 e. The van der Waals surface area contributed by atoms with Gasteiger partial charge in [-0.1, -0.05) is 50.1 Å². The lowest BCUT2D eigenvalue weighted by molar-refractivity contribution is -0.147. The number of nitrogens with two attached hydrogens (primary N) is 1. The maximum atomic E-state index is 13.7. The first-order chi connectivity index (χ1) is 15.0. The SMILES string of the molecule is CCCN(C(=O)N(CCc1ccccc1)C(=O)C1(C(N)=O)CCCC1)C1COCCN1. The highest BCUT2D eigenvalue weighted by Gasteiger charge is 2.50. The topological polar surface area (TPSA) is 105 Å². The summed E-state index contributed by atoms with van der Waals surface area (Å²) in [5.74, 6) is -1.09. The molecule has 1 unspecified atom stereocenters. The van der Waals surface area contributed by atoms with E-state index >= 15 is 0 Å². The first-order valence-electron chi connectivity index (χ1n) is 11.3. The van der Waals surface area contributed by atoms with Gasteiger partial charge in [-0.25, -0.2) is 4.79 Å². The van der Waals surface area contributed by atoms with Crippen LogP contribution in [0.2, 0.25) is 0 Å². The summed E-state index contributed by atoms with van der Waals surface area (Å²) in [6, 6.07) is 9.32. The predicted molar refractivity (Wildman–Crippen MR) is 117 cm³/mol. The Morgan fingerprint density at radius 3 is 2.45 bits per heavy atom. The van der Waals surface area contributed by atoms with Gasteiger partial charge in [-0.3, -0.25) is 19.8 Å². The van der Waals surface area contributed by atoms with Gasteiger partial charge in [0.1, 0.15) is 11.6 Å². The quantitative estimate of drug-likeness (QED) is 0.613. The molecule has 170 valence electrons. The molecule has 2 fully saturated rings. The molecule has 8 heteroatoms. The van der Waals surface area contributed by atoms with Gasteiger partial charge in [0.15, 0.2) is 0 Å². The molecule has 0 bridgehead atoms. The van der Waals surface area contributed by atoms with Gasteiger partial charge in [0.25, 0.3) is 0 Å². The average Bonchev–Trinajstić information content (AvgIpc) is 3.30. The van der Waals surface area contributed by atoms with Crippen molar-refractivity contribution in [3.8, 4) is 0 Å². The van der Waals surface area contributed by atoms with Gasteiger partial charge in [0.05, 0.1) is 13.2 Å². The Morgan fingerprint density at radius 1 is 1.16 bits per heavy atom. The number of nitrogens with zero attached hydrogens (tertiary/aromatic N) is 2. The molecule has 1 saturated heterocycles. The Morgan fingerprint density at radius 2 is 1.87 bits per heavy atom. The van der Waals surface area contributed by atoms with E-state index in [1.165, 1.54) is 4.90 Å². The summed E-state index contributed by atoms with van der Waals surface area (Å²) < 4.78 is 5.55. The fraction of sp³-hybridized carbons (Fsp3) is 0.609. The zero-order chi connectivity index (χ0) is 22.3. The van der Waals surface area contributed by atoms with Crippen molar-refractivity contribution in [3.63, 3.8) is 0 Å². The number of carbonyl (C=O) groups is 3. The van der Waals surface area contributed by atoms with Crippen molar-refractivity contribution < 1.29 is 19.1 Å². The van der Waals surface area contributed by atoms with Crippen LogP contribution >= 0.6 is 0 Å². The normalized spacial score (nSPS) is 20.2. The number of urea groups is 1. The number of hydrogen-bond acceptors (Lipinski definition) is 5. The number of imide groups is 1. The molecule has 1 saturated carbocycles. The third-order valence-electron chi connectivity index (χ3n) is 6.27. The number of benzene rings is 1. The third-order valence-corrected chi connectivity index (χ3v) is 6.27. The van der Waals surface area contributed by atoms with Gasteiger partial charge < -0.3 is 15.4 Å². The van der Waals surface area contributed by atoms with E-state index in [0.717, 1.165) is 24.8 Å². The third kappa shape index (κ3) is 5.25. The molecule has 3 N–H and O–H groups in total. The molecule has 8 nitrogen and oxygen atoms in total. The maximum Gasteiger partial charge on any atom is 0.328 e. The molecule has 0 aromatic heterocycles. The second kappa shape index (κ2) is 10.7. The molecule has 31 heavy (non-hydrogen) atoms. The highest BCUT2D eigenvalue weighted by Crippen LogP contribution is 2.40. The molecule has 1 aliphatic heterocycles. The van der Waals surface area contributed by atoms with Gasteiger partial charge in [-0.2, -0.15) is 0 Å². The number of amides is 4. The fourth-order valence-corrected chi connectivity index (χ4v) is 4.50. The molecule has 1 aromatic rings. The summed E-state index contributed by atoms with van der Waals surface area (Å²) in [6.45, 7) is 4.27. The molecule has 2 aliphatic rings. The molecular weight excluding hydrogens is 396 g/mol. The average molecular weight is 431 g/mol. The molecule has 0 spiro atoms. The highest BCUT2D eigenvalue weighted by molar-refractivity contribution is 6.09. The zero-order valence-corrected chi connectivity index (χ0v) is 18.3. The smallest absolute Gasteiger partial charge is 0.328 e. The summed E-state index contributed by atoms with van der Waals surface area (Å²) in [5.41, 5.74) is 5.44. The van der Waals surface area contributed by atoms with Crippen LogP contribution in [0.4, 0.5) is 4.79 Å². The van der Waals surface area contributed by atoms with Crippen molar-refractivity contribution in [2.24, 2.45) is 11.1 Å². The van der Waals surface area contributed by atoms with Crippen LogP contribution in [0.25, 0.3) is 0 Å². The number of hydrogen-bond donors (Lipinski definition) is 2. The molecule has 1 heterocycles. The minimum absolute atomic E-state index is 0.199. The highest BCUT2D eigenvalue weighted by atomic mass is 16.5. The zero-order valence-electron chi connectivity index (χ0n) is 18.3. The Bertz CT molecular complexity index is 758. The maximum absolute atomic E-state index is 13.7. The lowest BCUT2D eigenvalue weighted by Gasteiger charge is -2.39. The van der Waals surface area contributed by atoms with Gasteiger partial charge in [-0.15, -0.1) is 0 Å². The molecule has 3 rings (SSSR count). The first-order valence-corrected chi connectivity index (χ1v) is 11.3. The summed E-state index contributed by atoms with van der Waals surface area (Å²) in [7, 11) is 0. The Kier molecular flexibility index (Phi) is 8.03. The van der Waals surface area contributed by atoms with Crippen LogP contribution in [-0.4, -0.2) is 66.7 Å². The van der Waals surface area contributed by atoms with Crippen LogP contribution in [0.1, 0.15) is 44.6 Å². The van der Waals surface area contributed by atoms with E-state index in [1.54, 1.807) is 4.90 Å². The van der Waals surface area contributed by atoms with Crippen molar-refractivity contribution in [2.45, 2.75) is 51.6 Å². The van der Waals surface area contributed by atoms with E-state index in [4.69, 9.17) is 10.5 Å². The predicted octanol–water partition coefficient (Wildman–Crippen LogP) is 1.88. The molecular formula is C23H34N4O4. The van der Waals surface area contributed by atoms with Crippen molar-refractivity contribution >= 4 is 17.8 Å². The Hall–Kier alpha value is -2.45. The van der Waals surface area contributed by atoms with E-state index in [2.05, 4.69) is 5.32 Å². The number of nitrogens with one attached hydrogen (secondary N) is 1. The Balaban J connectivity index is 1.88. The van der Waals surface area contributed by atoms with E-state index in [-0.39, 0.29) is 12.7 Å². The number of morpholine rings is 1. The van der Waals surface area contributed by atoms with Gasteiger partial charge in [0.2, 0.25) is 11.8 Å². The van der Waals surface area contributed by atoms with Crippen LogP contribution in [0.3, 0.4) is 0 Å². The number of carbonyl (C=O) groups excluding carboxylic acids is 3. The second-order valence-electron chi connectivity index (χ2n) is 8.37. The van der Waals surface area contributed by atoms with E-state index < -0.39 is 23.3 Å². The minimum atomic E-state index is -1.29. The minimum Gasteiger partial charge on any atom is -0.377 e. The van der Waals surface area contributed by atoms with Crippen molar-refractivity contribution in [1.29, 1.82) is 0 Å². The van der Waals surface area contributed by atoms with E-state index in [0.29, 0.717) is 45.6 Å². The van der Waals surface area contributed by atoms with Crippen LogP contribution in [0.15, 0.2) is 30.3 Å². The summed E-state index contributed by atoms with van der Waals surface area (Å²) in [5, 5.41) is 3.30. The van der Waals surface area contributed by atoms with E-state index in [9.17, 15) is 14.4 Å². The lowest BCUT2D eigenvalue weighted by Crippen LogP contribution is -2.61. The number of primary amides is 1. The fourth-order valence-electron chi connectivity index (χ4n) is 4.50. The molecule has 1 aromatic carbocycles. The lowest BCUT2D eigenvalue weighted by atomic mass is 9.83. The summed E-state index contributed by atoms with van der Waals surface area (Å²) in [6.07, 6.45) is 3.26. The van der Waals surface area contributed by atoms with Gasteiger partial charge >= 0.3 is 6.03 Å². The van der Waals surface area contributed by atoms with Gasteiger partial charge in [-0.05, 0) is 31.2 Å². The standard InChI is InChI=1S/C23H34N4O4/c1-2-14-26(19-17-31-16-13-25-19)22(30)27(15-10-18-8-4-3-5-9-18)21(29)23(20(24)28)11-6-7-12-23/h3-5,8-9,19,25H,2,6-7,10-17H2,1H3,(H2,24,28). The van der Waals surface area contributed by atoms with Crippen molar-refractivity contribution in [2.75, 3.05) is 32.8 Å². The van der Waals surface area contributed by atoms with E-state index in [1.807, 2.05) is 37.3 Å². The molecule has 4 amide bonds. The molecule has 1 aliphatic carbocycles. The monoisotopic (exact) mass is 430 g/mol. The number of rotatable bonds is 8. The van der Waals surface area contributed by atoms with Crippen LogP contribution in [0, 0.1) is 5.41 Å². The van der Waals surface area contributed by atoms with Crippen molar-refractivity contribution in [3.05, 3.63) is 35.9 Å². The van der Waals surface area contributed by atoms with Gasteiger partial charge in [0, 0.05) is 19.6 Å².